The van der Waals surface area contributed by atoms with Crippen LogP contribution in [0.25, 0.3) is 0 Å². The lowest BCUT2D eigenvalue weighted by Crippen LogP contribution is -2.50. The Morgan fingerprint density at radius 1 is 1.19 bits per heavy atom. The van der Waals surface area contributed by atoms with Crippen molar-refractivity contribution in [3.63, 3.8) is 0 Å². The van der Waals surface area contributed by atoms with E-state index in [-0.39, 0.29) is 44.2 Å². The molecule has 31 heavy (non-hydrogen) atoms. The predicted molar refractivity (Wildman–Crippen MR) is 122 cm³/mol. The number of ether oxygens (including phenoxy) is 2. The molecule has 1 unspecified atom stereocenters. The number of para-hydroxylation sites is 3. The molecule has 0 radical (unpaired) electrons. The number of rotatable bonds is 9. The van der Waals surface area contributed by atoms with Gasteiger partial charge < -0.3 is 19.9 Å². The smallest absolute Gasteiger partial charge is 0.238 e. The van der Waals surface area contributed by atoms with Crippen molar-refractivity contribution in [1.82, 2.24) is 9.80 Å². The van der Waals surface area contributed by atoms with Crippen LogP contribution in [0.3, 0.4) is 0 Å². The van der Waals surface area contributed by atoms with Crippen LogP contribution in [-0.4, -0.2) is 79.8 Å². The second kappa shape index (κ2) is 11.1. The zero-order chi connectivity index (χ0) is 34.1. The van der Waals surface area contributed by atoms with Crippen LogP contribution in [0.1, 0.15) is 30.3 Å². The van der Waals surface area contributed by atoms with Gasteiger partial charge in [0.1, 0.15) is 12.7 Å². The summed E-state index contributed by atoms with van der Waals surface area (Å²) in [6.45, 7) is -9.04. The van der Waals surface area contributed by atoms with E-state index < -0.39 is 80.8 Å². The molecule has 0 aromatic heterocycles. The van der Waals surface area contributed by atoms with E-state index in [1.165, 1.54) is 23.1 Å². The number of carbonyl (C=O) groups is 1. The van der Waals surface area contributed by atoms with E-state index >= 15 is 0 Å². The second-order valence-corrected chi connectivity index (χ2v) is 6.82. The van der Waals surface area contributed by atoms with Crippen LogP contribution in [0.2, 0.25) is 0 Å². The maximum absolute atomic E-state index is 13.0. The molecular formula is C24H33N3O4. The molecule has 2 aromatic rings. The minimum atomic E-state index is -3.07. The van der Waals surface area contributed by atoms with Gasteiger partial charge in [0.05, 0.1) is 21.8 Å². The van der Waals surface area contributed by atoms with Gasteiger partial charge in [-0.05, 0) is 37.0 Å². The average Bonchev–Trinajstić information content (AvgIpc) is 2.89. The molecule has 1 saturated heterocycles. The lowest BCUT2D eigenvalue weighted by molar-refractivity contribution is -0.117. The number of aliphatic hydroxyl groups is 1. The van der Waals surface area contributed by atoms with Crippen LogP contribution >= 0.6 is 0 Å². The number of hydrogen-bond acceptors (Lipinski definition) is 6. The first-order valence-corrected chi connectivity index (χ1v) is 9.55. The number of anilines is 1. The number of β-amino-alcohol motifs (C(OH)–C–C–N with tert-alkyl or cyclic N) is 1. The van der Waals surface area contributed by atoms with Gasteiger partial charge in [0.15, 0.2) is 11.5 Å². The Balaban J connectivity index is 1.66. The van der Waals surface area contributed by atoms with Gasteiger partial charge in [-0.1, -0.05) is 30.3 Å². The first-order chi connectivity index (χ1) is 20.5. The maximum Gasteiger partial charge on any atom is 0.238 e. The highest BCUT2D eigenvalue weighted by Gasteiger charge is 2.21. The average molecular weight is 442 g/mol. The van der Waals surface area contributed by atoms with Gasteiger partial charge in [0.25, 0.3) is 0 Å². The summed E-state index contributed by atoms with van der Waals surface area (Å²) >= 11 is 0. The van der Waals surface area contributed by atoms with E-state index in [0.717, 1.165) is 0 Å². The van der Waals surface area contributed by atoms with Gasteiger partial charge >= 0.3 is 0 Å². The van der Waals surface area contributed by atoms with E-state index in [1.807, 2.05) is 0 Å². The van der Waals surface area contributed by atoms with Crippen LogP contribution in [0.5, 0.6) is 11.5 Å². The number of nitrogens with zero attached hydrogens (tertiary/aromatic N) is 2. The molecule has 7 heteroatoms. The Bertz CT molecular complexity index is 1330. The van der Waals surface area contributed by atoms with Crippen molar-refractivity contribution >= 4 is 11.6 Å². The lowest BCUT2D eigenvalue weighted by atomic mass is 10.1. The number of carbonyl (C=O) groups excluding carboxylic acids is 1. The molecule has 1 aliphatic heterocycles. The van der Waals surface area contributed by atoms with E-state index in [9.17, 15) is 9.90 Å². The Labute approximate surface area is 204 Å². The first kappa shape index (κ1) is 10.8. The Kier molecular flexibility index (Phi) is 3.88. The quantitative estimate of drug-likeness (QED) is 0.622. The molecule has 1 atom stereocenters. The molecule has 2 aromatic carbocycles. The molecule has 1 aliphatic rings. The minimum Gasteiger partial charge on any atom is -0.493 e. The van der Waals surface area contributed by atoms with E-state index in [0.29, 0.717) is 0 Å². The summed E-state index contributed by atoms with van der Waals surface area (Å²) in [7, 11) is -2.75. The number of piperazine rings is 1. The van der Waals surface area contributed by atoms with Crippen molar-refractivity contribution in [2.45, 2.75) is 19.8 Å². The predicted octanol–water partition coefficient (Wildman–Crippen LogP) is 2.31. The molecule has 168 valence electrons. The highest BCUT2D eigenvalue weighted by Crippen LogP contribution is 2.25. The number of aliphatic hydroxyl groups excluding tert-OH is 1. The van der Waals surface area contributed by atoms with Crippen molar-refractivity contribution in [3.05, 3.63) is 53.5 Å². The van der Waals surface area contributed by atoms with Crippen LogP contribution in [-0.2, 0) is 4.79 Å². The first-order valence-electron chi connectivity index (χ1n) is 16.5. The van der Waals surface area contributed by atoms with Gasteiger partial charge in [-0.2, -0.15) is 0 Å². The van der Waals surface area contributed by atoms with Crippen LogP contribution < -0.4 is 14.8 Å². The number of methoxy groups -OCH3 is 1. The maximum atomic E-state index is 13.0. The summed E-state index contributed by atoms with van der Waals surface area (Å²) in [5.41, 5.74) is -2.44. The summed E-state index contributed by atoms with van der Waals surface area (Å²) in [6, 6.07) is 3.16. The molecule has 7 nitrogen and oxygen atoms in total. The minimum absolute atomic E-state index is 0.00459. The largest absolute Gasteiger partial charge is 0.493 e. The third-order valence-electron chi connectivity index (χ3n) is 4.57. The van der Waals surface area contributed by atoms with Gasteiger partial charge in [0.2, 0.25) is 5.91 Å². The van der Waals surface area contributed by atoms with Gasteiger partial charge in [-0.15, -0.1) is 0 Å². The molecule has 1 amide bonds. The van der Waals surface area contributed by atoms with Crippen molar-refractivity contribution in [1.29, 1.82) is 0 Å². The van der Waals surface area contributed by atoms with Crippen LogP contribution in [0.15, 0.2) is 42.4 Å². The third-order valence-corrected chi connectivity index (χ3v) is 4.57. The molecule has 0 aliphatic carbocycles. The lowest BCUT2D eigenvalue weighted by Gasteiger charge is -2.35. The van der Waals surface area contributed by atoms with Crippen LogP contribution in [0.4, 0.5) is 5.69 Å². The molecule has 3 rings (SSSR count). The van der Waals surface area contributed by atoms with E-state index in [4.69, 9.17) is 28.7 Å². The molecule has 1 heterocycles. The summed E-state index contributed by atoms with van der Waals surface area (Å²) in [4.78, 5) is 15.9. The summed E-state index contributed by atoms with van der Waals surface area (Å²) < 4.78 is 120. The normalized spacial score (nSPS) is 24.3. The van der Waals surface area contributed by atoms with Crippen molar-refractivity contribution in [3.8, 4) is 11.5 Å². The Hall–Kier alpha value is -2.61. The van der Waals surface area contributed by atoms with E-state index in [1.54, 1.807) is 11.0 Å². The fraction of sp³-hybridized carbons (Fsp3) is 0.458. The van der Waals surface area contributed by atoms with Crippen molar-refractivity contribution in [2.24, 2.45) is 0 Å². The molecule has 2 N–H and O–H groups in total. The number of benzene rings is 2. The highest BCUT2D eigenvalue weighted by atomic mass is 16.5. The zero-order valence-electron chi connectivity index (χ0n) is 30.7. The number of amides is 1. The molecule has 0 spiro atoms. The Morgan fingerprint density at radius 3 is 2.55 bits per heavy atom. The van der Waals surface area contributed by atoms with Gasteiger partial charge in [-0.25, -0.2) is 0 Å². The monoisotopic (exact) mass is 441 g/mol. The highest BCUT2D eigenvalue weighted by molar-refractivity contribution is 5.93. The number of nitrogens with one attached hydrogen (secondary N) is 1. The van der Waals surface area contributed by atoms with Crippen molar-refractivity contribution < 1.29 is 38.6 Å². The fourth-order valence-corrected chi connectivity index (χ4v) is 3.02. The number of hydrogen-bond donors (Lipinski definition) is 2. The van der Waals surface area contributed by atoms with Gasteiger partial charge in [0, 0.05) is 49.3 Å². The topological polar surface area (TPSA) is 74.3 Å². The molecule has 0 bridgehead atoms. The fourth-order valence-electron chi connectivity index (χ4n) is 3.02. The summed E-state index contributed by atoms with van der Waals surface area (Å²) in [5.74, 6) is -0.955. The standard InChI is InChI=1S/C24H33N3O4/c1-18-7-6-8-19(2)24(18)25-23(29)16-27-13-11-26(12-14-27)15-20(28)17-31-22-10-5-4-9-21(22)30-3/h4-10,20,28H,11-17H2,1-3H3,(H,25,29)/i1D3,2D3,3D3,6D,7D,8D,15D2. The molecule has 1 fully saturated rings. The van der Waals surface area contributed by atoms with Gasteiger partial charge in [-0.3, -0.25) is 14.6 Å². The summed E-state index contributed by atoms with van der Waals surface area (Å²) in [5, 5.41) is 12.9. The summed E-state index contributed by atoms with van der Waals surface area (Å²) in [6.07, 6.45) is -1.68. The van der Waals surface area contributed by atoms with Crippen LogP contribution in [0, 0.1) is 13.7 Å². The van der Waals surface area contributed by atoms with E-state index in [2.05, 4.69) is 5.32 Å². The molecular weight excluding hydrogens is 394 g/mol. The zero-order valence-corrected chi connectivity index (χ0v) is 16.7. The Morgan fingerprint density at radius 2 is 1.87 bits per heavy atom. The second-order valence-electron chi connectivity index (χ2n) is 6.82. The molecule has 0 saturated carbocycles. The van der Waals surface area contributed by atoms with Crippen molar-refractivity contribution in [2.75, 3.05) is 58.2 Å². The third kappa shape index (κ3) is 6.69. The SMILES string of the molecule is [2H]c1c([2H])c(C([2H])([2H])[2H])c(NC(=O)CN2CCN(C([2H])([2H])C(O)COc3ccccc3OC([2H])([2H])[2H])CC2)c(C([2H])([2H])[2H])c1[2H].